The Morgan fingerprint density at radius 1 is 0.782 bits per heavy atom. The highest BCUT2D eigenvalue weighted by Crippen LogP contribution is 2.40. The fraction of sp³-hybridized carbons (Fsp3) is 0.159. The Balaban J connectivity index is 1.01. The second kappa shape index (κ2) is 17.9. The Morgan fingerprint density at radius 2 is 1.49 bits per heavy atom. The zero-order chi connectivity index (χ0) is 38.0. The number of carboxylic acid groups (broad SMARTS) is 1. The average Bonchev–Trinajstić information content (AvgIpc) is 3.23. The number of urea groups is 1. The van der Waals surface area contributed by atoms with Crippen LogP contribution in [0.1, 0.15) is 51.4 Å². The number of amides is 2. The van der Waals surface area contributed by atoms with Gasteiger partial charge in [-0.05, 0) is 76.3 Å². The number of aliphatic hydroxyl groups is 1. The molecule has 1 saturated heterocycles. The molecular formula is C44H39N3O7S. The Hall–Kier alpha value is -5.98. The zero-order valence-corrected chi connectivity index (χ0v) is 30.5. The Morgan fingerprint density at radius 3 is 2.24 bits per heavy atom. The summed E-state index contributed by atoms with van der Waals surface area (Å²) >= 11 is 1.35. The van der Waals surface area contributed by atoms with E-state index in [1.807, 2.05) is 103 Å². The lowest BCUT2D eigenvalue weighted by atomic mass is 9.98. The Kier molecular flexibility index (Phi) is 12.2. The maximum Gasteiger partial charge on any atom is 0.338 e. The number of carbonyl (C=O) groups is 2. The van der Waals surface area contributed by atoms with Crippen LogP contribution in [0.25, 0.3) is 11.1 Å². The topological polar surface area (TPSA) is 139 Å². The third-order valence-corrected chi connectivity index (χ3v) is 10.2. The molecule has 0 spiro atoms. The number of hydrogen-bond acceptors (Lipinski definition) is 8. The van der Waals surface area contributed by atoms with E-state index in [-0.39, 0.29) is 30.4 Å². The minimum atomic E-state index is -1.03. The van der Waals surface area contributed by atoms with Gasteiger partial charge in [-0.3, -0.25) is 0 Å². The van der Waals surface area contributed by atoms with Crippen LogP contribution >= 0.6 is 11.8 Å². The Bertz CT molecular complexity index is 2200. The number of thioether (sulfide) groups is 1. The number of ether oxygens (including phenoxy) is 3. The van der Waals surface area contributed by atoms with Crippen LogP contribution in [0.15, 0.2) is 151 Å². The third-order valence-electron chi connectivity index (χ3n) is 9.06. The zero-order valence-electron chi connectivity index (χ0n) is 29.7. The summed E-state index contributed by atoms with van der Waals surface area (Å²) in [5.41, 5.74) is 6.27. The van der Waals surface area contributed by atoms with Crippen molar-refractivity contribution in [3.8, 4) is 22.6 Å². The summed E-state index contributed by atoms with van der Waals surface area (Å²) in [7, 11) is 0. The average molecular weight is 754 g/mol. The molecule has 0 saturated carbocycles. The number of carbonyl (C=O) groups excluding carboxylic acids is 1. The summed E-state index contributed by atoms with van der Waals surface area (Å²) in [5.74, 6) is 0.852. The molecule has 7 rings (SSSR count). The van der Waals surface area contributed by atoms with Gasteiger partial charge in [0, 0.05) is 36.2 Å². The molecule has 1 fully saturated rings. The molecule has 0 radical (unpaired) electrons. The third kappa shape index (κ3) is 9.77. The van der Waals surface area contributed by atoms with Gasteiger partial charge in [0.15, 0.2) is 6.29 Å². The van der Waals surface area contributed by atoms with Crippen molar-refractivity contribution in [3.63, 3.8) is 0 Å². The number of anilines is 1. The van der Waals surface area contributed by atoms with E-state index in [0.29, 0.717) is 35.2 Å². The molecule has 278 valence electrons. The van der Waals surface area contributed by atoms with Crippen molar-refractivity contribution < 1.29 is 34.0 Å². The van der Waals surface area contributed by atoms with Crippen molar-refractivity contribution in [1.29, 1.82) is 0 Å². The molecule has 1 aliphatic rings. The van der Waals surface area contributed by atoms with E-state index in [2.05, 4.69) is 15.6 Å². The normalized spacial score (nSPS) is 16.6. The first kappa shape index (κ1) is 37.3. The van der Waals surface area contributed by atoms with Crippen molar-refractivity contribution in [3.05, 3.63) is 174 Å². The van der Waals surface area contributed by atoms with Gasteiger partial charge in [-0.2, -0.15) is 0 Å². The van der Waals surface area contributed by atoms with Crippen LogP contribution in [0.4, 0.5) is 10.5 Å². The minimum Gasteiger partial charge on any atom is -0.478 e. The van der Waals surface area contributed by atoms with Gasteiger partial charge in [0.05, 0.1) is 24.4 Å². The molecule has 4 N–H and O–H groups in total. The summed E-state index contributed by atoms with van der Waals surface area (Å²) in [6.07, 6.45) is 0.892. The SMILES string of the molecule is O=C(NCc1ccccc1-c1ccc([C@@H]2O[C@H](CSc3ncccc3C(=O)O)C[C@H](c3ccc(CO)cc3)O2)cc1)Nc1ccc(Oc2ccccc2)cc1. The molecule has 5 aromatic carbocycles. The number of para-hydroxylation sites is 1. The van der Waals surface area contributed by atoms with E-state index in [0.717, 1.165) is 39.1 Å². The van der Waals surface area contributed by atoms with Crippen LogP contribution in [0, 0.1) is 0 Å². The number of aromatic carboxylic acids is 1. The van der Waals surface area contributed by atoms with Crippen molar-refractivity contribution in [2.75, 3.05) is 11.1 Å². The van der Waals surface area contributed by atoms with Gasteiger partial charge in [0.2, 0.25) is 0 Å². The molecule has 3 atom stereocenters. The molecule has 2 amide bonds. The highest BCUT2D eigenvalue weighted by atomic mass is 32.2. The highest BCUT2D eigenvalue weighted by Gasteiger charge is 2.32. The molecule has 55 heavy (non-hydrogen) atoms. The van der Waals surface area contributed by atoms with Crippen molar-refractivity contribution in [2.45, 2.75) is 43.1 Å². The van der Waals surface area contributed by atoms with Crippen LogP contribution < -0.4 is 15.4 Å². The van der Waals surface area contributed by atoms with Gasteiger partial charge in [0.25, 0.3) is 0 Å². The summed E-state index contributed by atoms with van der Waals surface area (Å²) in [6.45, 7) is 0.260. The minimum absolute atomic E-state index is 0.0496. The van der Waals surface area contributed by atoms with Crippen LogP contribution in [-0.2, 0) is 22.6 Å². The predicted octanol–water partition coefficient (Wildman–Crippen LogP) is 9.39. The van der Waals surface area contributed by atoms with E-state index < -0.39 is 12.3 Å². The number of hydrogen-bond donors (Lipinski definition) is 4. The van der Waals surface area contributed by atoms with E-state index in [4.69, 9.17) is 14.2 Å². The van der Waals surface area contributed by atoms with Crippen molar-refractivity contribution in [1.82, 2.24) is 10.3 Å². The summed E-state index contributed by atoms with van der Waals surface area (Å²) in [5, 5.41) is 25.5. The molecule has 6 aromatic rings. The number of nitrogens with zero attached hydrogens (tertiary/aromatic N) is 1. The van der Waals surface area contributed by atoms with Gasteiger partial charge in [-0.25, -0.2) is 14.6 Å². The number of carboxylic acids is 1. The maximum atomic E-state index is 12.9. The smallest absolute Gasteiger partial charge is 0.338 e. The van der Waals surface area contributed by atoms with E-state index in [1.54, 1.807) is 42.6 Å². The first-order chi connectivity index (χ1) is 26.9. The first-order valence-corrected chi connectivity index (χ1v) is 18.8. The standard InChI is InChI=1S/C44H39N3O7S/c48-27-29-12-14-31(15-13-29)40-25-37(28-55-41-39(42(49)50)11-6-24-45-41)53-43(54-40)32-18-16-30(17-19-32)38-10-5-4-7-33(38)26-46-44(51)47-34-20-22-36(23-21-34)52-35-8-2-1-3-9-35/h1-24,37,40,43,48H,25-28H2,(H,49,50)(H2,46,47,51)/t37-,40+,43+/m0/s1. The maximum absolute atomic E-state index is 12.9. The largest absolute Gasteiger partial charge is 0.478 e. The van der Waals surface area contributed by atoms with Crippen LogP contribution in [0.5, 0.6) is 11.5 Å². The second-order valence-corrected chi connectivity index (χ2v) is 13.9. The number of aliphatic hydroxyl groups excluding tert-OH is 1. The number of benzene rings is 5. The van der Waals surface area contributed by atoms with Gasteiger partial charge >= 0.3 is 12.0 Å². The number of pyridine rings is 1. The van der Waals surface area contributed by atoms with Gasteiger partial charge in [-0.15, -0.1) is 11.8 Å². The molecule has 0 aliphatic carbocycles. The second-order valence-electron chi connectivity index (χ2n) is 12.8. The van der Waals surface area contributed by atoms with E-state index in [9.17, 15) is 19.8 Å². The lowest BCUT2D eigenvalue weighted by Gasteiger charge is -2.36. The molecule has 1 aromatic heterocycles. The molecule has 0 unspecified atom stereocenters. The molecule has 11 heteroatoms. The van der Waals surface area contributed by atoms with E-state index >= 15 is 0 Å². The molecular weight excluding hydrogens is 715 g/mol. The van der Waals surface area contributed by atoms with Gasteiger partial charge in [0.1, 0.15) is 16.5 Å². The fourth-order valence-corrected chi connectivity index (χ4v) is 7.23. The number of rotatable bonds is 13. The summed E-state index contributed by atoms with van der Waals surface area (Å²) in [6, 6.07) is 43.1. The lowest BCUT2D eigenvalue weighted by molar-refractivity contribution is -0.245. The van der Waals surface area contributed by atoms with Crippen molar-refractivity contribution >= 4 is 29.4 Å². The quantitative estimate of drug-likeness (QED) is 0.0850. The number of nitrogens with one attached hydrogen (secondary N) is 2. The molecule has 10 nitrogen and oxygen atoms in total. The molecule has 0 bridgehead atoms. The van der Waals surface area contributed by atoms with Crippen LogP contribution in [0.3, 0.4) is 0 Å². The highest BCUT2D eigenvalue weighted by molar-refractivity contribution is 7.99. The van der Waals surface area contributed by atoms with Gasteiger partial charge in [-0.1, -0.05) is 91.0 Å². The summed E-state index contributed by atoms with van der Waals surface area (Å²) in [4.78, 5) is 29.0. The summed E-state index contributed by atoms with van der Waals surface area (Å²) < 4.78 is 18.9. The molecule has 2 heterocycles. The number of aromatic nitrogens is 1. The predicted molar refractivity (Wildman–Crippen MR) is 211 cm³/mol. The molecule has 1 aliphatic heterocycles. The van der Waals surface area contributed by atoms with E-state index in [1.165, 1.54) is 11.8 Å². The van der Waals surface area contributed by atoms with Crippen LogP contribution in [0.2, 0.25) is 0 Å². The fourth-order valence-electron chi connectivity index (χ4n) is 6.22. The monoisotopic (exact) mass is 753 g/mol. The first-order valence-electron chi connectivity index (χ1n) is 17.8. The van der Waals surface area contributed by atoms with Gasteiger partial charge < -0.3 is 35.1 Å². The van der Waals surface area contributed by atoms with Crippen molar-refractivity contribution in [2.24, 2.45) is 0 Å². The lowest BCUT2D eigenvalue weighted by Crippen LogP contribution is -2.31. The van der Waals surface area contributed by atoms with Crippen LogP contribution in [-0.4, -0.2) is 39.1 Å². The Labute approximate surface area is 323 Å².